The second-order valence-corrected chi connectivity index (χ2v) is 5.98. The highest BCUT2D eigenvalue weighted by Crippen LogP contribution is 2.28. The Balaban J connectivity index is 1.96. The Hall–Kier alpha value is -1.76. The smallest absolute Gasteiger partial charge is 0.193 e. The molecule has 0 aliphatic heterocycles. The number of hydrogen-bond acceptors (Lipinski definition) is 4. The number of aliphatic hydroxyl groups excluding tert-OH is 2. The molecule has 2 aromatic heterocycles. The molecule has 0 aliphatic carbocycles. The molecule has 0 spiro atoms. The van der Waals surface area contributed by atoms with E-state index in [0.29, 0.717) is 12.0 Å². The Labute approximate surface area is 125 Å². The molecule has 0 radical (unpaired) electrons. The summed E-state index contributed by atoms with van der Waals surface area (Å²) < 4.78 is 15.0. The van der Waals surface area contributed by atoms with E-state index in [4.69, 9.17) is 0 Å². The zero-order valence-electron chi connectivity index (χ0n) is 11.2. The number of rotatable bonds is 5. The predicted molar refractivity (Wildman–Crippen MR) is 79.0 cm³/mol. The van der Waals surface area contributed by atoms with Crippen molar-refractivity contribution >= 4 is 16.3 Å². The monoisotopic (exact) mass is 306 g/mol. The fraction of sp³-hybridized carbons (Fsp3) is 0.267. The van der Waals surface area contributed by atoms with E-state index in [1.807, 2.05) is 22.2 Å². The summed E-state index contributed by atoms with van der Waals surface area (Å²) in [5, 5.41) is 21.5. The minimum Gasteiger partial charge on any atom is -0.395 e. The first-order chi connectivity index (χ1) is 10.2. The average molecular weight is 306 g/mol. The lowest BCUT2D eigenvalue weighted by Crippen LogP contribution is -2.37. The molecule has 0 saturated carbocycles. The van der Waals surface area contributed by atoms with Crippen LogP contribution in [0, 0.1) is 5.82 Å². The second kappa shape index (κ2) is 5.55. The first-order valence-corrected chi connectivity index (χ1v) is 7.44. The molecule has 0 saturated heterocycles. The van der Waals surface area contributed by atoms with Gasteiger partial charge >= 0.3 is 0 Å². The van der Waals surface area contributed by atoms with Crippen molar-refractivity contribution < 1.29 is 14.6 Å². The van der Waals surface area contributed by atoms with Gasteiger partial charge in [0.1, 0.15) is 5.82 Å². The van der Waals surface area contributed by atoms with Crippen LogP contribution in [0.5, 0.6) is 0 Å². The Bertz CT molecular complexity index is 703. The number of halogens is 1. The molecule has 3 aromatic rings. The van der Waals surface area contributed by atoms with Crippen LogP contribution in [-0.4, -0.2) is 32.8 Å². The van der Waals surface area contributed by atoms with Gasteiger partial charge in [-0.05, 0) is 17.7 Å². The quantitative estimate of drug-likeness (QED) is 0.758. The third-order valence-electron chi connectivity index (χ3n) is 3.72. The van der Waals surface area contributed by atoms with Gasteiger partial charge in [0.25, 0.3) is 0 Å². The second-order valence-electron chi connectivity index (χ2n) is 5.11. The van der Waals surface area contributed by atoms with Crippen molar-refractivity contribution in [2.45, 2.75) is 11.8 Å². The fourth-order valence-electron chi connectivity index (χ4n) is 2.46. The number of imidazole rings is 1. The van der Waals surface area contributed by atoms with E-state index >= 15 is 0 Å². The van der Waals surface area contributed by atoms with Crippen LogP contribution in [0.3, 0.4) is 0 Å². The number of benzene rings is 1. The first kappa shape index (κ1) is 14.2. The van der Waals surface area contributed by atoms with Gasteiger partial charge in [0.05, 0.1) is 18.9 Å². The third-order valence-corrected chi connectivity index (χ3v) is 4.50. The zero-order chi connectivity index (χ0) is 14.9. The Morgan fingerprint density at radius 1 is 1.19 bits per heavy atom. The van der Waals surface area contributed by atoms with Crippen molar-refractivity contribution in [3.8, 4) is 0 Å². The lowest BCUT2D eigenvalue weighted by atomic mass is 9.78. The zero-order valence-corrected chi connectivity index (χ0v) is 12.1. The van der Waals surface area contributed by atoms with Gasteiger partial charge in [-0.3, -0.25) is 4.40 Å². The predicted octanol–water partition coefficient (Wildman–Crippen LogP) is 2.00. The minimum absolute atomic E-state index is 0.236. The number of aliphatic hydroxyl groups is 2. The highest BCUT2D eigenvalue weighted by Gasteiger charge is 2.32. The highest BCUT2D eigenvalue weighted by molar-refractivity contribution is 7.15. The van der Waals surface area contributed by atoms with E-state index in [-0.39, 0.29) is 19.0 Å². The molecular formula is C15H15FN2O2S. The summed E-state index contributed by atoms with van der Waals surface area (Å²) in [6, 6.07) is 5.86. The first-order valence-electron chi connectivity index (χ1n) is 6.56. The molecule has 21 heavy (non-hydrogen) atoms. The van der Waals surface area contributed by atoms with E-state index in [0.717, 1.165) is 10.7 Å². The molecule has 6 heteroatoms. The molecule has 0 unspecified atom stereocenters. The van der Waals surface area contributed by atoms with Gasteiger partial charge in [0, 0.05) is 29.6 Å². The Kier molecular flexibility index (Phi) is 3.75. The van der Waals surface area contributed by atoms with Gasteiger partial charge in [-0.2, -0.15) is 0 Å². The summed E-state index contributed by atoms with van der Waals surface area (Å²) in [7, 11) is 0. The van der Waals surface area contributed by atoms with Gasteiger partial charge in [-0.1, -0.05) is 12.1 Å². The van der Waals surface area contributed by atoms with E-state index in [9.17, 15) is 14.6 Å². The molecule has 2 heterocycles. The van der Waals surface area contributed by atoms with Crippen molar-refractivity contribution in [1.29, 1.82) is 0 Å². The normalized spacial score (nSPS) is 12.1. The molecule has 4 nitrogen and oxygen atoms in total. The van der Waals surface area contributed by atoms with Crippen LogP contribution in [-0.2, 0) is 11.8 Å². The maximum Gasteiger partial charge on any atom is 0.193 e. The molecular weight excluding hydrogens is 291 g/mol. The van der Waals surface area contributed by atoms with Gasteiger partial charge in [0.2, 0.25) is 0 Å². The van der Waals surface area contributed by atoms with Crippen LogP contribution in [0.1, 0.15) is 11.3 Å². The fourth-order valence-corrected chi connectivity index (χ4v) is 3.18. The Morgan fingerprint density at radius 2 is 1.90 bits per heavy atom. The van der Waals surface area contributed by atoms with Gasteiger partial charge in [-0.15, -0.1) is 11.3 Å². The van der Waals surface area contributed by atoms with Crippen molar-refractivity contribution in [3.63, 3.8) is 0 Å². The maximum atomic E-state index is 13.1. The summed E-state index contributed by atoms with van der Waals surface area (Å²) in [5.41, 5.74) is 0.622. The van der Waals surface area contributed by atoms with Crippen LogP contribution in [0.4, 0.5) is 4.39 Å². The van der Waals surface area contributed by atoms with Crippen molar-refractivity contribution in [1.82, 2.24) is 9.38 Å². The average Bonchev–Trinajstić information content (AvgIpc) is 3.07. The molecule has 0 amide bonds. The number of nitrogens with zero attached hydrogens (tertiary/aromatic N) is 2. The standard InChI is InChI=1S/C15H15FN2O2S/c16-12-3-1-11(2-4-12)15(9-19,10-20)7-13-8-18-5-6-21-14(18)17-13/h1-6,8,19-20H,7,9-10H2. The van der Waals surface area contributed by atoms with Crippen molar-refractivity contribution in [3.05, 3.63) is 59.1 Å². The van der Waals surface area contributed by atoms with Gasteiger partial charge < -0.3 is 10.2 Å². The summed E-state index contributed by atoms with van der Waals surface area (Å²) in [5.74, 6) is -0.342. The van der Waals surface area contributed by atoms with E-state index < -0.39 is 5.41 Å². The molecule has 0 fully saturated rings. The molecule has 0 aliphatic rings. The maximum absolute atomic E-state index is 13.1. The molecule has 1 aromatic carbocycles. The van der Waals surface area contributed by atoms with Crippen LogP contribution >= 0.6 is 11.3 Å². The largest absolute Gasteiger partial charge is 0.395 e. The minimum atomic E-state index is -0.863. The van der Waals surface area contributed by atoms with Crippen LogP contribution in [0.15, 0.2) is 42.0 Å². The lowest BCUT2D eigenvalue weighted by Gasteiger charge is -2.29. The third kappa shape index (κ3) is 2.57. The SMILES string of the molecule is OCC(CO)(Cc1cn2ccsc2n1)c1ccc(F)cc1. The van der Waals surface area contributed by atoms with E-state index in [1.165, 1.54) is 23.5 Å². The number of thiazole rings is 1. The molecule has 0 bridgehead atoms. The Morgan fingerprint density at radius 3 is 2.52 bits per heavy atom. The van der Waals surface area contributed by atoms with Gasteiger partial charge in [-0.25, -0.2) is 9.37 Å². The van der Waals surface area contributed by atoms with Gasteiger partial charge in [0.15, 0.2) is 4.96 Å². The van der Waals surface area contributed by atoms with Crippen molar-refractivity contribution in [2.24, 2.45) is 0 Å². The van der Waals surface area contributed by atoms with E-state index in [1.54, 1.807) is 12.1 Å². The summed E-state index contributed by atoms with van der Waals surface area (Å²) >= 11 is 1.52. The molecule has 3 rings (SSSR count). The molecule has 0 atom stereocenters. The van der Waals surface area contributed by atoms with Crippen LogP contribution < -0.4 is 0 Å². The van der Waals surface area contributed by atoms with Crippen LogP contribution in [0.2, 0.25) is 0 Å². The number of hydrogen-bond donors (Lipinski definition) is 2. The lowest BCUT2D eigenvalue weighted by molar-refractivity contribution is 0.115. The van der Waals surface area contributed by atoms with Crippen LogP contribution in [0.25, 0.3) is 4.96 Å². The summed E-state index contributed by atoms with van der Waals surface area (Å²) in [6.45, 7) is -0.472. The molecule has 2 N–H and O–H groups in total. The highest BCUT2D eigenvalue weighted by atomic mass is 32.1. The number of fused-ring (bicyclic) bond motifs is 1. The summed E-state index contributed by atoms with van der Waals surface area (Å²) in [4.78, 5) is 5.35. The summed E-state index contributed by atoms with van der Waals surface area (Å²) in [6.07, 6.45) is 4.18. The van der Waals surface area contributed by atoms with Crippen molar-refractivity contribution in [2.75, 3.05) is 13.2 Å². The number of aromatic nitrogens is 2. The topological polar surface area (TPSA) is 57.8 Å². The van der Waals surface area contributed by atoms with E-state index in [2.05, 4.69) is 4.98 Å². The molecule has 110 valence electrons.